The Morgan fingerprint density at radius 3 is 2.14 bits per heavy atom. The van der Waals surface area contributed by atoms with Gasteiger partial charge in [0.05, 0.1) is 33.6 Å². The molecule has 29 heavy (non-hydrogen) atoms. The van der Waals surface area contributed by atoms with E-state index < -0.39 is 5.97 Å². The van der Waals surface area contributed by atoms with Crippen LogP contribution >= 0.6 is 0 Å². The van der Waals surface area contributed by atoms with Gasteiger partial charge < -0.3 is 24.7 Å². The highest BCUT2D eigenvalue weighted by Gasteiger charge is 2.27. The molecule has 2 N–H and O–H groups in total. The van der Waals surface area contributed by atoms with Crippen LogP contribution in [0.15, 0.2) is 18.2 Å². The van der Waals surface area contributed by atoms with Crippen molar-refractivity contribution in [2.24, 2.45) is 0 Å². The Balaban J connectivity index is 2.23. The van der Waals surface area contributed by atoms with Gasteiger partial charge in [0.15, 0.2) is 11.5 Å². The van der Waals surface area contributed by atoms with E-state index in [0.717, 1.165) is 5.92 Å². The highest BCUT2D eigenvalue weighted by molar-refractivity contribution is 6.02. The van der Waals surface area contributed by atoms with Crippen LogP contribution in [-0.2, 0) is 4.74 Å². The van der Waals surface area contributed by atoms with Gasteiger partial charge in [0.25, 0.3) is 0 Å². The molecule has 0 amide bonds. The second kappa shape index (κ2) is 9.03. The first-order chi connectivity index (χ1) is 14.0. The molecule has 1 aromatic heterocycles. The lowest BCUT2D eigenvalue weighted by atomic mass is 9.94. The first-order valence-corrected chi connectivity index (χ1v) is 9.04. The van der Waals surface area contributed by atoms with Gasteiger partial charge in [0.1, 0.15) is 11.4 Å². The summed E-state index contributed by atoms with van der Waals surface area (Å²) in [6, 6.07) is 5.32. The van der Waals surface area contributed by atoms with Crippen molar-refractivity contribution in [1.29, 1.82) is 0 Å². The molecule has 1 aromatic carbocycles. The third-order valence-electron chi connectivity index (χ3n) is 4.46. The number of carbonyl (C=O) groups is 1. The van der Waals surface area contributed by atoms with Gasteiger partial charge in [0, 0.05) is 11.5 Å². The quantitative estimate of drug-likeness (QED) is 0.719. The molecule has 2 aromatic rings. The summed E-state index contributed by atoms with van der Waals surface area (Å²) in [5.41, 5.74) is 8.25. The Hall–Kier alpha value is -2.96. The van der Waals surface area contributed by atoms with Crippen molar-refractivity contribution in [3.05, 3.63) is 61.1 Å². The minimum Gasteiger partial charge on any atom is -0.493 e. The number of rotatable bonds is 7. The van der Waals surface area contributed by atoms with Gasteiger partial charge in [0.2, 0.25) is 5.75 Å². The molecule has 151 valence electrons. The van der Waals surface area contributed by atoms with Gasteiger partial charge in [-0.3, -0.25) is 0 Å². The summed E-state index contributed by atoms with van der Waals surface area (Å²) in [6.07, 6.45) is 7.66. The molecule has 0 spiro atoms. The number of ether oxygens (including phenoxy) is 4. The molecule has 0 atom stereocenters. The van der Waals surface area contributed by atoms with Crippen LogP contribution in [0.3, 0.4) is 0 Å². The zero-order valence-corrected chi connectivity index (χ0v) is 16.8. The maximum atomic E-state index is 12.7. The number of methoxy groups -OCH3 is 3. The number of nitrogens with zero attached hydrogens (tertiary/aromatic N) is 1. The molecule has 1 aliphatic carbocycles. The molecule has 1 aliphatic rings. The standard InChI is InChI=1S/C22H23N2O5/c1-5-29-22(25)19-15(12-16(24-21(19)23)13-8-6-7-9-13)14-10-17(26-2)20(28-4)18(11-14)27-3/h6-12H,5H2,1-4H3,(H2,23,24). The second-order valence-electron chi connectivity index (χ2n) is 6.12. The largest absolute Gasteiger partial charge is 0.493 e. The van der Waals surface area contributed by atoms with Crippen molar-refractivity contribution in [3.63, 3.8) is 0 Å². The van der Waals surface area contributed by atoms with Crippen molar-refractivity contribution in [3.8, 4) is 28.4 Å². The molecular formula is C22H23N2O5. The molecule has 5 radical (unpaired) electrons. The summed E-state index contributed by atoms with van der Waals surface area (Å²) in [5, 5.41) is 0. The molecule has 0 saturated heterocycles. The van der Waals surface area contributed by atoms with E-state index in [1.165, 1.54) is 21.3 Å². The van der Waals surface area contributed by atoms with Crippen LogP contribution in [-0.4, -0.2) is 38.9 Å². The van der Waals surface area contributed by atoms with Crippen LogP contribution in [0.1, 0.15) is 23.0 Å². The molecule has 0 bridgehead atoms. The maximum Gasteiger partial charge on any atom is 0.342 e. The first-order valence-electron chi connectivity index (χ1n) is 9.04. The highest BCUT2D eigenvalue weighted by Crippen LogP contribution is 2.43. The van der Waals surface area contributed by atoms with Gasteiger partial charge in [-0.05, 0) is 56.4 Å². The summed E-state index contributed by atoms with van der Waals surface area (Å²) >= 11 is 0. The molecule has 0 aliphatic heterocycles. The number of anilines is 1. The summed E-state index contributed by atoms with van der Waals surface area (Å²) in [4.78, 5) is 17.1. The number of pyridine rings is 1. The van der Waals surface area contributed by atoms with Crippen molar-refractivity contribution >= 4 is 11.8 Å². The van der Waals surface area contributed by atoms with Crippen LogP contribution in [0.4, 0.5) is 5.82 Å². The van der Waals surface area contributed by atoms with Crippen molar-refractivity contribution < 1.29 is 23.7 Å². The van der Waals surface area contributed by atoms with E-state index in [4.69, 9.17) is 24.7 Å². The lowest BCUT2D eigenvalue weighted by Crippen LogP contribution is -2.14. The number of hydrogen-bond acceptors (Lipinski definition) is 7. The maximum absolute atomic E-state index is 12.7. The van der Waals surface area contributed by atoms with Gasteiger partial charge in [-0.2, -0.15) is 0 Å². The number of aromatic nitrogens is 1. The SMILES string of the molecule is CCOC(=O)c1c(-c2cc(OC)c(OC)c(OC)c2)cc([C]2[CH][CH][CH][CH]2)nc1N. The topological polar surface area (TPSA) is 92.9 Å². The number of hydrogen-bond donors (Lipinski definition) is 1. The van der Waals surface area contributed by atoms with Gasteiger partial charge in [-0.1, -0.05) is 0 Å². The smallest absolute Gasteiger partial charge is 0.342 e. The molecule has 0 unspecified atom stereocenters. The summed E-state index contributed by atoms with van der Waals surface area (Å²) in [5.74, 6) is 1.81. The predicted octanol–water partition coefficient (Wildman–Crippen LogP) is 3.29. The third-order valence-corrected chi connectivity index (χ3v) is 4.46. The van der Waals surface area contributed by atoms with Gasteiger partial charge >= 0.3 is 5.97 Å². The average molecular weight is 395 g/mol. The Kier molecular flexibility index (Phi) is 6.46. The molecule has 1 fully saturated rings. The van der Waals surface area contributed by atoms with Crippen LogP contribution in [0.25, 0.3) is 11.1 Å². The fourth-order valence-electron chi connectivity index (χ4n) is 3.14. The average Bonchev–Trinajstić information content (AvgIpc) is 3.27. The van der Waals surface area contributed by atoms with E-state index in [-0.39, 0.29) is 18.0 Å². The van der Waals surface area contributed by atoms with E-state index in [1.807, 2.05) is 25.7 Å². The number of carbonyl (C=O) groups excluding carboxylic acids is 1. The number of nitrogen functional groups attached to an aromatic ring is 1. The Morgan fingerprint density at radius 2 is 1.62 bits per heavy atom. The molecule has 3 rings (SSSR count). The van der Waals surface area contributed by atoms with Crippen LogP contribution in [0, 0.1) is 31.6 Å². The fraction of sp³-hybridized carbons (Fsp3) is 0.227. The zero-order valence-electron chi connectivity index (χ0n) is 16.8. The van der Waals surface area contributed by atoms with Crippen molar-refractivity contribution in [2.75, 3.05) is 33.7 Å². The molecule has 1 saturated carbocycles. The summed E-state index contributed by atoms with van der Waals surface area (Å²) in [7, 11) is 4.59. The van der Waals surface area contributed by atoms with E-state index in [9.17, 15) is 4.79 Å². The monoisotopic (exact) mass is 395 g/mol. The Labute approximate surface area is 171 Å². The zero-order chi connectivity index (χ0) is 21.0. The first kappa shape index (κ1) is 20.8. The minimum absolute atomic E-state index is 0.0888. The van der Waals surface area contributed by atoms with E-state index in [0.29, 0.717) is 34.1 Å². The number of benzene rings is 1. The van der Waals surface area contributed by atoms with E-state index >= 15 is 0 Å². The lowest BCUT2D eigenvalue weighted by molar-refractivity contribution is 0.0528. The summed E-state index contributed by atoms with van der Waals surface area (Å²) in [6.45, 7) is 1.95. The fourth-order valence-corrected chi connectivity index (χ4v) is 3.14. The van der Waals surface area contributed by atoms with Gasteiger partial charge in [-0.25, -0.2) is 9.78 Å². The van der Waals surface area contributed by atoms with Gasteiger partial charge in [-0.15, -0.1) is 0 Å². The number of nitrogens with two attached hydrogens (primary N) is 1. The Bertz CT molecular complexity index is 866. The number of esters is 1. The van der Waals surface area contributed by atoms with Crippen LogP contribution in [0.5, 0.6) is 17.2 Å². The predicted molar refractivity (Wildman–Crippen MR) is 109 cm³/mol. The third kappa shape index (κ3) is 4.09. The minimum atomic E-state index is -0.546. The van der Waals surface area contributed by atoms with Crippen molar-refractivity contribution in [1.82, 2.24) is 4.98 Å². The van der Waals surface area contributed by atoms with Crippen LogP contribution in [0.2, 0.25) is 0 Å². The molecular weight excluding hydrogens is 372 g/mol. The lowest BCUT2D eigenvalue weighted by Gasteiger charge is -2.18. The highest BCUT2D eigenvalue weighted by atomic mass is 16.5. The van der Waals surface area contributed by atoms with Crippen molar-refractivity contribution in [2.45, 2.75) is 6.92 Å². The van der Waals surface area contributed by atoms with Crippen LogP contribution < -0.4 is 19.9 Å². The molecule has 7 heteroatoms. The summed E-state index contributed by atoms with van der Waals surface area (Å²) < 4.78 is 21.5. The molecule has 1 heterocycles. The molecule has 7 nitrogen and oxygen atoms in total. The van der Waals surface area contributed by atoms with E-state index in [2.05, 4.69) is 4.98 Å². The normalized spacial score (nSPS) is 13.9. The Morgan fingerprint density at radius 1 is 1.00 bits per heavy atom. The van der Waals surface area contributed by atoms with E-state index in [1.54, 1.807) is 25.1 Å². The second-order valence-corrected chi connectivity index (χ2v) is 6.12.